The van der Waals surface area contributed by atoms with Crippen molar-refractivity contribution >= 4 is 40.8 Å². The van der Waals surface area contributed by atoms with Gasteiger partial charge in [-0.05, 0) is 17.8 Å². The van der Waals surface area contributed by atoms with Crippen molar-refractivity contribution in [2.45, 2.75) is 37.9 Å². The van der Waals surface area contributed by atoms with E-state index in [2.05, 4.69) is 13.8 Å². The summed E-state index contributed by atoms with van der Waals surface area (Å²) >= 11 is 16.1. The van der Waals surface area contributed by atoms with Crippen molar-refractivity contribution < 1.29 is 9.53 Å². The van der Waals surface area contributed by atoms with Crippen molar-refractivity contribution in [1.29, 1.82) is 0 Å². The number of carbonyl (C=O) groups excluding carboxylic acids is 1. The van der Waals surface area contributed by atoms with E-state index in [1.807, 2.05) is 13.8 Å². The van der Waals surface area contributed by atoms with Crippen LogP contribution in [0.25, 0.3) is 0 Å². The largest absolute Gasteiger partial charge is 0.462 e. The van der Waals surface area contributed by atoms with Gasteiger partial charge >= 0.3 is 5.97 Å². The molecule has 0 rings (SSSR count). The second-order valence-corrected chi connectivity index (χ2v) is 7.12. The van der Waals surface area contributed by atoms with Gasteiger partial charge in [0.15, 0.2) is 0 Å². The minimum absolute atomic E-state index is 0.0975. The van der Waals surface area contributed by atoms with Gasteiger partial charge in [0.2, 0.25) is 0 Å². The second kappa shape index (κ2) is 5.60. The van der Waals surface area contributed by atoms with Crippen molar-refractivity contribution in [3.63, 3.8) is 0 Å². The summed E-state index contributed by atoms with van der Waals surface area (Å²) in [5.74, 6) is -0.282. The Morgan fingerprint density at radius 3 is 2.07 bits per heavy atom. The molecule has 0 spiro atoms. The number of esters is 1. The smallest absolute Gasteiger partial charge is 0.358 e. The quantitative estimate of drug-likeness (QED) is 0.573. The van der Waals surface area contributed by atoms with Gasteiger partial charge in [-0.15, -0.1) is 0 Å². The van der Waals surface area contributed by atoms with Gasteiger partial charge in [-0.25, -0.2) is 4.79 Å². The number of alkyl halides is 3. The maximum atomic E-state index is 11.2. The van der Waals surface area contributed by atoms with E-state index in [0.717, 1.165) is 6.42 Å². The lowest BCUT2D eigenvalue weighted by atomic mass is 9.85. The summed E-state index contributed by atoms with van der Waals surface area (Å²) in [4.78, 5) is 11.2. The Labute approximate surface area is 106 Å². The van der Waals surface area contributed by atoms with Gasteiger partial charge in [0, 0.05) is 0 Å². The lowest BCUT2D eigenvalue weighted by Crippen LogP contribution is -2.29. The van der Waals surface area contributed by atoms with Crippen molar-refractivity contribution in [3.05, 3.63) is 0 Å². The Kier molecular flexibility index (Phi) is 5.73. The van der Waals surface area contributed by atoms with Crippen LogP contribution in [0.1, 0.15) is 34.1 Å². The SMILES string of the molecule is CC(C)CC(C)(C)COC(=O)C(Cl)(Cl)Cl. The van der Waals surface area contributed by atoms with Crippen molar-refractivity contribution in [2.75, 3.05) is 6.61 Å². The molecule has 0 aliphatic heterocycles. The van der Waals surface area contributed by atoms with Gasteiger partial charge < -0.3 is 4.74 Å². The van der Waals surface area contributed by atoms with Crippen LogP contribution in [0.5, 0.6) is 0 Å². The number of hydrogen-bond donors (Lipinski definition) is 0. The zero-order valence-corrected chi connectivity index (χ0v) is 11.7. The fraction of sp³-hybridized carbons (Fsp3) is 0.900. The Morgan fingerprint density at radius 2 is 1.73 bits per heavy atom. The summed E-state index contributed by atoms with van der Waals surface area (Å²) in [5.41, 5.74) is -0.0975. The highest BCUT2D eigenvalue weighted by atomic mass is 35.6. The molecule has 0 bridgehead atoms. The van der Waals surface area contributed by atoms with E-state index in [0.29, 0.717) is 5.92 Å². The maximum absolute atomic E-state index is 11.2. The fourth-order valence-corrected chi connectivity index (χ4v) is 1.67. The average molecular weight is 276 g/mol. The molecule has 15 heavy (non-hydrogen) atoms. The highest BCUT2D eigenvalue weighted by molar-refractivity contribution is 6.75. The molecule has 0 aliphatic carbocycles. The fourth-order valence-electron chi connectivity index (χ4n) is 1.51. The standard InChI is InChI=1S/C10H17Cl3O2/c1-7(2)5-9(3,4)6-15-8(14)10(11,12)13/h7H,5-6H2,1-4H3. The molecule has 0 atom stereocenters. The molecule has 0 aromatic rings. The molecule has 0 saturated carbocycles. The molecule has 0 N–H and O–H groups in total. The summed E-state index contributed by atoms with van der Waals surface area (Å²) in [6, 6.07) is 0. The van der Waals surface area contributed by atoms with Crippen LogP contribution in [0.15, 0.2) is 0 Å². The molecule has 0 aromatic heterocycles. The first-order valence-electron chi connectivity index (χ1n) is 4.78. The van der Waals surface area contributed by atoms with Gasteiger partial charge in [0.05, 0.1) is 6.61 Å². The maximum Gasteiger partial charge on any atom is 0.358 e. The van der Waals surface area contributed by atoms with Crippen LogP contribution in [0.2, 0.25) is 0 Å². The molecule has 0 aliphatic rings. The Balaban J connectivity index is 4.10. The topological polar surface area (TPSA) is 26.3 Å². The third-order valence-corrected chi connectivity index (χ3v) is 2.25. The zero-order valence-electron chi connectivity index (χ0n) is 9.44. The van der Waals surface area contributed by atoms with E-state index in [-0.39, 0.29) is 12.0 Å². The van der Waals surface area contributed by atoms with Crippen LogP contribution in [-0.2, 0) is 9.53 Å². The van der Waals surface area contributed by atoms with Crippen LogP contribution in [0.3, 0.4) is 0 Å². The minimum Gasteiger partial charge on any atom is -0.462 e. The van der Waals surface area contributed by atoms with Crippen LogP contribution < -0.4 is 0 Å². The van der Waals surface area contributed by atoms with Crippen molar-refractivity contribution in [2.24, 2.45) is 11.3 Å². The molecule has 90 valence electrons. The number of ether oxygens (including phenoxy) is 1. The summed E-state index contributed by atoms with van der Waals surface area (Å²) < 4.78 is 2.96. The summed E-state index contributed by atoms with van der Waals surface area (Å²) in [7, 11) is 0. The van der Waals surface area contributed by atoms with Gasteiger partial charge in [-0.2, -0.15) is 0 Å². The number of halogens is 3. The van der Waals surface area contributed by atoms with Crippen LogP contribution in [-0.4, -0.2) is 16.4 Å². The first kappa shape index (κ1) is 15.3. The Bertz CT molecular complexity index is 219. The molecule has 5 heteroatoms. The summed E-state index contributed by atoms with van der Waals surface area (Å²) in [6.45, 7) is 8.51. The normalized spacial score (nSPS) is 13.1. The predicted octanol–water partition coefficient (Wildman–Crippen LogP) is 3.97. The molecule has 0 fully saturated rings. The summed E-state index contributed by atoms with van der Waals surface area (Å²) in [6.07, 6.45) is 0.945. The first-order chi connectivity index (χ1) is 6.54. The Morgan fingerprint density at radius 1 is 1.27 bits per heavy atom. The van der Waals surface area contributed by atoms with Crippen LogP contribution in [0.4, 0.5) is 0 Å². The molecular weight excluding hydrogens is 258 g/mol. The van der Waals surface area contributed by atoms with Crippen LogP contribution in [0, 0.1) is 11.3 Å². The van der Waals surface area contributed by atoms with Gasteiger partial charge in [-0.3, -0.25) is 0 Å². The van der Waals surface area contributed by atoms with Crippen molar-refractivity contribution in [1.82, 2.24) is 0 Å². The van der Waals surface area contributed by atoms with E-state index >= 15 is 0 Å². The zero-order chi connectivity index (χ0) is 12.3. The first-order valence-corrected chi connectivity index (χ1v) is 5.92. The summed E-state index contributed by atoms with van der Waals surface area (Å²) in [5, 5.41) is 0. The third-order valence-electron chi connectivity index (χ3n) is 1.79. The highest BCUT2D eigenvalue weighted by Gasteiger charge is 2.34. The average Bonchev–Trinajstić information content (AvgIpc) is 1.95. The lowest BCUT2D eigenvalue weighted by Gasteiger charge is -2.26. The molecule has 0 radical (unpaired) electrons. The van der Waals surface area contributed by atoms with Crippen LogP contribution >= 0.6 is 34.8 Å². The highest BCUT2D eigenvalue weighted by Crippen LogP contribution is 2.30. The lowest BCUT2D eigenvalue weighted by molar-refractivity contribution is -0.145. The van der Waals surface area contributed by atoms with E-state index < -0.39 is 9.76 Å². The Hall–Kier alpha value is 0.340. The number of rotatable bonds is 4. The molecule has 0 amide bonds. The monoisotopic (exact) mass is 274 g/mol. The predicted molar refractivity (Wildman–Crippen MR) is 64.5 cm³/mol. The van der Waals surface area contributed by atoms with E-state index in [4.69, 9.17) is 39.5 Å². The molecular formula is C10H17Cl3O2. The molecule has 2 nitrogen and oxygen atoms in total. The van der Waals surface area contributed by atoms with Crippen molar-refractivity contribution in [3.8, 4) is 0 Å². The number of hydrogen-bond acceptors (Lipinski definition) is 2. The third kappa shape index (κ3) is 7.26. The van der Waals surface area contributed by atoms with E-state index in [9.17, 15) is 4.79 Å². The minimum atomic E-state index is -1.98. The van der Waals surface area contributed by atoms with Gasteiger partial charge in [0.1, 0.15) is 0 Å². The number of carbonyl (C=O) groups is 1. The molecule has 0 unspecified atom stereocenters. The molecule has 0 aromatic carbocycles. The van der Waals surface area contributed by atoms with Gasteiger partial charge in [-0.1, -0.05) is 62.5 Å². The van der Waals surface area contributed by atoms with E-state index in [1.165, 1.54) is 0 Å². The second-order valence-electron chi connectivity index (χ2n) is 4.84. The van der Waals surface area contributed by atoms with Gasteiger partial charge in [0.25, 0.3) is 3.79 Å². The molecule has 0 heterocycles. The van der Waals surface area contributed by atoms with E-state index in [1.54, 1.807) is 0 Å². The molecule has 0 saturated heterocycles.